The second-order valence-corrected chi connectivity index (χ2v) is 8.55. The van der Waals surface area contributed by atoms with Crippen LogP contribution < -0.4 is 5.32 Å². The van der Waals surface area contributed by atoms with Crippen molar-refractivity contribution in [1.82, 2.24) is 10.2 Å². The summed E-state index contributed by atoms with van der Waals surface area (Å²) in [6.45, 7) is 3.89. The highest BCUT2D eigenvalue weighted by atomic mass is 16.6. The van der Waals surface area contributed by atoms with E-state index < -0.39 is 23.7 Å². The summed E-state index contributed by atoms with van der Waals surface area (Å²) in [5.41, 5.74) is 2.72. The Labute approximate surface area is 198 Å². The van der Waals surface area contributed by atoms with E-state index in [1.54, 1.807) is 6.08 Å². The molecule has 0 radical (unpaired) electrons. The fraction of sp³-hybridized carbons (Fsp3) is 0.346. The lowest BCUT2D eigenvalue weighted by atomic mass is 9.98. The summed E-state index contributed by atoms with van der Waals surface area (Å²) in [4.78, 5) is 38.3. The molecule has 0 saturated carbocycles. The molecular formula is C26H28N2O6. The van der Waals surface area contributed by atoms with E-state index in [0.717, 1.165) is 28.7 Å². The number of unbranched alkanes of at least 4 members (excludes halogenated alkanes) is 1. The highest BCUT2D eigenvalue weighted by Crippen LogP contribution is 2.44. The monoisotopic (exact) mass is 464 g/mol. The molecule has 1 aliphatic carbocycles. The van der Waals surface area contributed by atoms with Crippen molar-refractivity contribution < 1.29 is 29.0 Å². The van der Waals surface area contributed by atoms with E-state index >= 15 is 0 Å². The molecule has 0 bridgehead atoms. The lowest BCUT2D eigenvalue weighted by Crippen LogP contribution is -2.56. The summed E-state index contributed by atoms with van der Waals surface area (Å²) in [5.74, 6) is -1.35. The van der Waals surface area contributed by atoms with E-state index in [2.05, 4.69) is 11.9 Å². The molecule has 4 rings (SSSR count). The standard InChI is InChI=1S/C26H28N2O6/c1-2-3-8-15-33-25(32)28-14-13-26(17-28,23(29)30)27-24(31)34-16-22-20-11-6-4-9-18(20)19-10-5-7-12-21(19)22/h2,4-7,9-12,22H,1,3,8,13-17H2,(H,27,31)(H,29,30)/t26-/m0/s1. The number of likely N-dealkylation sites (tertiary alicyclic amines) is 1. The van der Waals surface area contributed by atoms with E-state index in [-0.39, 0.29) is 38.6 Å². The maximum atomic E-state index is 12.7. The summed E-state index contributed by atoms with van der Waals surface area (Å²) >= 11 is 0. The number of nitrogens with one attached hydrogen (secondary N) is 1. The van der Waals surface area contributed by atoms with E-state index in [4.69, 9.17) is 9.47 Å². The van der Waals surface area contributed by atoms with Gasteiger partial charge in [-0.3, -0.25) is 0 Å². The van der Waals surface area contributed by atoms with Gasteiger partial charge in [0.15, 0.2) is 5.54 Å². The fourth-order valence-corrected chi connectivity index (χ4v) is 4.60. The first-order valence-electron chi connectivity index (χ1n) is 11.3. The lowest BCUT2D eigenvalue weighted by molar-refractivity contribution is -0.144. The van der Waals surface area contributed by atoms with Crippen molar-refractivity contribution in [3.63, 3.8) is 0 Å². The van der Waals surface area contributed by atoms with Crippen LogP contribution in [0.25, 0.3) is 11.1 Å². The molecule has 34 heavy (non-hydrogen) atoms. The highest BCUT2D eigenvalue weighted by molar-refractivity contribution is 5.86. The molecule has 2 aliphatic rings. The van der Waals surface area contributed by atoms with Gasteiger partial charge in [-0.05, 0) is 35.1 Å². The zero-order valence-corrected chi connectivity index (χ0v) is 18.9. The van der Waals surface area contributed by atoms with Gasteiger partial charge in [-0.1, -0.05) is 54.6 Å². The topological polar surface area (TPSA) is 105 Å². The number of amides is 2. The van der Waals surface area contributed by atoms with Crippen molar-refractivity contribution in [1.29, 1.82) is 0 Å². The quantitative estimate of drug-likeness (QED) is 0.449. The minimum absolute atomic E-state index is 0.0638. The van der Waals surface area contributed by atoms with Crippen LogP contribution in [0.1, 0.15) is 36.3 Å². The molecule has 1 fully saturated rings. The zero-order valence-electron chi connectivity index (χ0n) is 18.9. The first kappa shape index (κ1) is 23.4. The van der Waals surface area contributed by atoms with Crippen molar-refractivity contribution in [3.05, 3.63) is 72.3 Å². The van der Waals surface area contributed by atoms with E-state index in [1.807, 2.05) is 48.5 Å². The van der Waals surface area contributed by atoms with Gasteiger partial charge in [0.2, 0.25) is 0 Å². The molecule has 0 spiro atoms. The van der Waals surface area contributed by atoms with Gasteiger partial charge in [0.05, 0.1) is 13.2 Å². The SMILES string of the molecule is C=CCCCOC(=O)N1CC[C@@](NC(=O)OCC2c3ccccc3-c3ccccc32)(C(=O)O)C1. The van der Waals surface area contributed by atoms with Crippen molar-refractivity contribution in [2.45, 2.75) is 30.7 Å². The van der Waals surface area contributed by atoms with Gasteiger partial charge in [-0.15, -0.1) is 6.58 Å². The first-order chi connectivity index (χ1) is 16.4. The molecule has 1 saturated heterocycles. The predicted molar refractivity (Wildman–Crippen MR) is 126 cm³/mol. The second-order valence-electron chi connectivity index (χ2n) is 8.55. The van der Waals surface area contributed by atoms with Crippen molar-refractivity contribution in [2.24, 2.45) is 0 Å². The zero-order chi connectivity index (χ0) is 24.1. The molecular weight excluding hydrogens is 436 g/mol. The highest BCUT2D eigenvalue weighted by Gasteiger charge is 2.48. The normalized spacial score (nSPS) is 18.6. The van der Waals surface area contributed by atoms with Crippen LogP contribution in [0.2, 0.25) is 0 Å². The van der Waals surface area contributed by atoms with Crippen molar-refractivity contribution >= 4 is 18.2 Å². The molecule has 2 aromatic carbocycles. The van der Waals surface area contributed by atoms with Gasteiger partial charge < -0.3 is 24.8 Å². The molecule has 178 valence electrons. The van der Waals surface area contributed by atoms with E-state index in [9.17, 15) is 19.5 Å². The summed E-state index contributed by atoms with van der Waals surface area (Å²) in [6, 6.07) is 15.9. The Bertz CT molecular complexity index is 1050. The number of fused-ring (bicyclic) bond motifs is 3. The third-order valence-corrected chi connectivity index (χ3v) is 6.40. The number of rotatable bonds is 8. The fourth-order valence-electron chi connectivity index (χ4n) is 4.60. The summed E-state index contributed by atoms with van der Waals surface area (Å²) in [7, 11) is 0. The lowest BCUT2D eigenvalue weighted by Gasteiger charge is -2.26. The molecule has 2 amide bonds. The van der Waals surface area contributed by atoms with Gasteiger partial charge >= 0.3 is 18.2 Å². The summed E-state index contributed by atoms with van der Waals surface area (Å²) in [5, 5.41) is 12.3. The number of aliphatic carboxylic acids is 1. The van der Waals surface area contributed by atoms with Crippen LogP contribution in [0.4, 0.5) is 9.59 Å². The Balaban J connectivity index is 1.38. The molecule has 8 heteroatoms. The number of hydrogen-bond acceptors (Lipinski definition) is 5. The third kappa shape index (κ3) is 4.62. The second kappa shape index (κ2) is 9.99. The molecule has 1 heterocycles. The van der Waals surface area contributed by atoms with Crippen LogP contribution in [-0.2, 0) is 14.3 Å². The Hall–Kier alpha value is -3.81. The number of ether oxygens (including phenoxy) is 2. The number of hydrogen-bond donors (Lipinski definition) is 2. The molecule has 2 N–H and O–H groups in total. The van der Waals surface area contributed by atoms with Crippen molar-refractivity contribution in [3.8, 4) is 11.1 Å². The van der Waals surface area contributed by atoms with Gasteiger partial charge in [0.1, 0.15) is 6.61 Å². The van der Waals surface area contributed by atoms with Crippen LogP contribution in [-0.4, -0.2) is 60.0 Å². The Kier molecular flexibility index (Phi) is 6.86. The number of alkyl carbamates (subject to hydrolysis) is 1. The Morgan fingerprint density at radius 2 is 1.74 bits per heavy atom. The van der Waals surface area contributed by atoms with Crippen LogP contribution in [0.5, 0.6) is 0 Å². The van der Waals surface area contributed by atoms with Crippen LogP contribution in [0.15, 0.2) is 61.2 Å². The largest absolute Gasteiger partial charge is 0.479 e. The van der Waals surface area contributed by atoms with Gasteiger partial charge in [0.25, 0.3) is 0 Å². The average molecular weight is 465 g/mol. The maximum absolute atomic E-state index is 12.7. The molecule has 0 aromatic heterocycles. The van der Waals surface area contributed by atoms with E-state index in [1.165, 1.54) is 4.90 Å². The first-order valence-corrected chi connectivity index (χ1v) is 11.3. The number of allylic oxidation sites excluding steroid dienone is 1. The molecule has 8 nitrogen and oxygen atoms in total. The minimum atomic E-state index is -1.62. The number of carbonyl (C=O) groups is 3. The molecule has 2 aromatic rings. The number of benzene rings is 2. The van der Waals surface area contributed by atoms with Crippen molar-refractivity contribution in [2.75, 3.05) is 26.3 Å². The smallest absolute Gasteiger partial charge is 0.409 e. The number of nitrogens with zero attached hydrogens (tertiary/aromatic N) is 1. The minimum Gasteiger partial charge on any atom is -0.479 e. The molecule has 1 atom stereocenters. The predicted octanol–water partition coefficient (Wildman–Crippen LogP) is 4.16. The number of carboxylic acid groups (broad SMARTS) is 1. The summed E-state index contributed by atoms with van der Waals surface area (Å²) in [6.07, 6.45) is 1.74. The average Bonchev–Trinajstić information content (AvgIpc) is 3.41. The Morgan fingerprint density at radius 1 is 1.09 bits per heavy atom. The van der Waals surface area contributed by atoms with Gasteiger partial charge in [-0.2, -0.15) is 0 Å². The summed E-state index contributed by atoms with van der Waals surface area (Å²) < 4.78 is 10.7. The number of carboxylic acids is 1. The third-order valence-electron chi connectivity index (χ3n) is 6.40. The van der Waals surface area contributed by atoms with Crippen LogP contribution in [0, 0.1) is 0 Å². The van der Waals surface area contributed by atoms with Crippen LogP contribution in [0.3, 0.4) is 0 Å². The number of carbonyl (C=O) groups excluding carboxylic acids is 2. The molecule has 0 unspecified atom stereocenters. The van der Waals surface area contributed by atoms with Crippen LogP contribution >= 0.6 is 0 Å². The molecule has 1 aliphatic heterocycles. The Morgan fingerprint density at radius 3 is 2.35 bits per heavy atom. The van der Waals surface area contributed by atoms with Gasteiger partial charge in [-0.25, -0.2) is 14.4 Å². The maximum Gasteiger partial charge on any atom is 0.409 e. The van der Waals surface area contributed by atoms with Gasteiger partial charge in [0, 0.05) is 18.9 Å². The van der Waals surface area contributed by atoms with E-state index in [0.29, 0.717) is 6.42 Å².